The molecule has 2 saturated carbocycles. The van der Waals surface area contributed by atoms with Crippen molar-refractivity contribution in [2.24, 2.45) is 22.7 Å². The fourth-order valence-electron chi connectivity index (χ4n) is 11.4. The van der Waals surface area contributed by atoms with Crippen LogP contribution < -0.4 is 4.74 Å². The SMILES string of the molecule is CC(C)c1c(Oc2cc3c(c(C(C)C)c2O)CC[C@H]2C(C)(C)CCC[C@]32C)ccc2c1CC[C@H]1C(C)(C)CCC[C@]21C. The van der Waals surface area contributed by atoms with Gasteiger partial charge in [-0.25, -0.2) is 0 Å². The van der Waals surface area contributed by atoms with Gasteiger partial charge in [0, 0.05) is 11.1 Å². The van der Waals surface area contributed by atoms with E-state index in [9.17, 15) is 5.11 Å². The Kier molecular flexibility index (Phi) is 7.19. The highest BCUT2D eigenvalue weighted by molar-refractivity contribution is 5.61. The highest BCUT2D eigenvalue weighted by Crippen LogP contribution is 2.61. The molecule has 4 aliphatic carbocycles. The van der Waals surface area contributed by atoms with Crippen molar-refractivity contribution in [3.63, 3.8) is 0 Å². The maximum atomic E-state index is 11.9. The Bertz CT molecular complexity index is 1380. The molecular weight excluding hydrogens is 512 g/mol. The second-order valence-corrected chi connectivity index (χ2v) is 17.3. The smallest absolute Gasteiger partial charge is 0.169 e. The average molecular weight is 571 g/mol. The van der Waals surface area contributed by atoms with Crippen LogP contribution in [0.5, 0.6) is 17.2 Å². The van der Waals surface area contributed by atoms with Crippen LogP contribution in [0.2, 0.25) is 0 Å². The Morgan fingerprint density at radius 2 is 1.17 bits per heavy atom. The van der Waals surface area contributed by atoms with Crippen LogP contribution in [0.4, 0.5) is 0 Å². The van der Waals surface area contributed by atoms with E-state index in [1.807, 2.05) is 0 Å². The molecule has 2 heteroatoms. The first-order chi connectivity index (χ1) is 19.6. The molecule has 0 amide bonds. The first kappa shape index (κ1) is 30.1. The van der Waals surface area contributed by atoms with Gasteiger partial charge in [-0.1, -0.05) is 88.1 Å². The van der Waals surface area contributed by atoms with Gasteiger partial charge in [0.05, 0.1) is 0 Å². The van der Waals surface area contributed by atoms with Crippen molar-refractivity contribution >= 4 is 0 Å². The number of fused-ring (bicyclic) bond motifs is 6. The lowest BCUT2D eigenvalue weighted by Gasteiger charge is -2.55. The third-order valence-corrected chi connectivity index (χ3v) is 13.2. The second-order valence-electron chi connectivity index (χ2n) is 17.3. The zero-order chi connectivity index (χ0) is 30.4. The van der Waals surface area contributed by atoms with E-state index in [0.717, 1.165) is 30.1 Å². The maximum absolute atomic E-state index is 11.9. The van der Waals surface area contributed by atoms with E-state index < -0.39 is 0 Å². The van der Waals surface area contributed by atoms with Gasteiger partial charge in [0.2, 0.25) is 0 Å². The fourth-order valence-corrected chi connectivity index (χ4v) is 11.4. The lowest BCUT2D eigenvalue weighted by Crippen LogP contribution is -2.48. The Morgan fingerprint density at radius 1 is 0.667 bits per heavy atom. The molecule has 2 nitrogen and oxygen atoms in total. The van der Waals surface area contributed by atoms with Gasteiger partial charge in [0.1, 0.15) is 5.75 Å². The molecule has 0 saturated heterocycles. The maximum Gasteiger partial charge on any atom is 0.169 e. The van der Waals surface area contributed by atoms with Gasteiger partial charge in [0.15, 0.2) is 11.5 Å². The number of aromatic hydroxyl groups is 1. The second kappa shape index (κ2) is 10.0. The van der Waals surface area contributed by atoms with Crippen LogP contribution in [-0.4, -0.2) is 5.11 Å². The standard InChI is InChI=1S/C40H58O2/c1-24(2)34-26-13-17-32-37(5,6)19-11-21-39(32,9)28(26)15-16-30(34)42-31-23-29-27(35(25(3)4)36(31)41)14-18-33-38(7,8)20-12-22-40(29,33)10/h15-16,23-25,32-33,41H,11-14,17-22H2,1-10H3/t32-,33-,39+,40+/m0/s1. The van der Waals surface area contributed by atoms with Crippen LogP contribution in [0.15, 0.2) is 18.2 Å². The van der Waals surface area contributed by atoms with E-state index in [0.29, 0.717) is 34.2 Å². The van der Waals surface area contributed by atoms with Crippen molar-refractivity contribution < 1.29 is 9.84 Å². The molecule has 2 fully saturated rings. The van der Waals surface area contributed by atoms with E-state index in [2.05, 4.69) is 87.4 Å². The lowest BCUT2D eigenvalue weighted by molar-refractivity contribution is 0.0400. The van der Waals surface area contributed by atoms with Crippen molar-refractivity contribution in [3.05, 3.63) is 51.6 Å². The Morgan fingerprint density at radius 3 is 1.69 bits per heavy atom. The molecule has 230 valence electrons. The molecular formula is C40H58O2. The Balaban J connectivity index is 1.48. The van der Waals surface area contributed by atoms with Crippen LogP contribution in [-0.2, 0) is 23.7 Å². The van der Waals surface area contributed by atoms with E-state index in [1.165, 1.54) is 73.6 Å². The monoisotopic (exact) mass is 570 g/mol. The quantitative estimate of drug-likeness (QED) is 0.396. The molecule has 1 N–H and O–H groups in total. The Hall–Kier alpha value is -1.96. The van der Waals surface area contributed by atoms with Gasteiger partial charge in [-0.2, -0.15) is 0 Å². The van der Waals surface area contributed by atoms with E-state index in [1.54, 1.807) is 5.56 Å². The largest absolute Gasteiger partial charge is 0.504 e. The summed E-state index contributed by atoms with van der Waals surface area (Å²) in [4.78, 5) is 0. The van der Waals surface area contributed by atoms with Crippen molar-refractivity contribution in [2.45, 2.75) is 156 Å². The highest BCUT2D eigenvalue weighted by Gasteiger charge is 2.52. The number of rotatable bonds is 4. The van der Waals surface area contributed by atoms with Crippen LogP contribution in [0, 0.1) is 22.7 Å². The lowest BCUT2D eigenvalue weighted by atomic mass is 9.50. The van der Waals surface area contributed by atoms with Crippen molar-refractivity contribution in [3.8, 4) is 17.2 Å². The summed E-state index contributed by atoms with van der Waals surface area (Å²) in [6.07, 6.45) is 12.4. The third kappa shape index (κ3) is 4.39. The number of phenolic OH excluding ortho intramolecular Hbond substituents is 1. The zero-order valence-corrected chi connectivity index (χ0v) is 28.5. The summed E-state index contributed by atoms with van der Waals surface area (Å²) < 4.78 is 6.96. The minimum absolute atomic E-state index is 0.124. The molecule has 0 unspecified atom stereocenters. The van der Waals surface area contributed by atoms with Crippen molar-refractivity contribution in [1.29, 1.82) is 0 Å². The molecule has 2 aromatic rings. The molecule has 0 bridgehead atoms. The molecule has 0 aromatic heterocycles. The molecule has 4 aliphatic rings. The van der Waals surface area contributed by atoms with E-state index in [-0.39, 0.29) is 16.7 Å². The first-order valence-electron chi connectivity index (χ1n) is 17.3. The van der Waals surface area contributed by atoms with Gasteiger partial charge >= 0.3 is 0 Å². The zero-order valence-electron chi connectivity index (χ0n) is 28.5. The average Bonchev–Trinajstić information content (AvgIpc) is 2.87. The van der Waals surface area contributed by atoms with Gasteiger partial charge in [-0.15, -0.1) is 0 Å². The van der Waals surface area contributed by atoms with E-state index in [4.69, 9.17) is 4.74 Å². The number of phenols is 1. The molecule has 0 aliphatic heterocycles. The van der Waals surface area contributed by atoms with E-state index >= 15 is 0 Å². The number of hydrogen-bond donors (Lipinski definition) is 1. The molecule has 2 aromatic carbocycles. The summed E-state index contributed by atoms with van der Waals surface area (Å²) in [5.41, 5.74) is 9.52. The summed E-state index contributed by atoms with van der Waals surface area (Å²) in [6, 6.07) is 6.93. The number of hydrogen-bond acceptors (Lipinski definition) is 2. The van der Waals surface area contributed by atoms with Crippen LogP contribution >= 0.6 is 0 Å². The Labute approximate surface area is 257 Å². The normalized spacial score (nSPS) is 31.2. The third-order valence-electron chi connectivity index (χ3n) is 13.2. The van der Waals surface area contributed by atoms with Crippen LogP contribution in [0.3, 0.4) is 0 Å². The first-order valence-corrected chi connectivity index (χ1v) is 17.3. The predicted molar refractivity (Wildman–Crippen MR) is 176 cm³/mol. The van der Waals surface area contributed by atoms with Crippen molar-refractivity contribution in [1.82, 2.24) is 0 Å². The topological polar surface area (TPSA) is 29.5 Å². The molecule has 6 rings (SSSR count). The molecule has 4 atom stereocenters. The fraction of sp³-hybridized carbons (Fsp3) is 0.700. The summed E-state index contributed by atoms with van der Waals surface area (Å²) in [5.74, 6) is 3.98. The summed E-state index contributed by atoms with van der Waals surface area (Å²) in [5, 5.41) is 11.9. The molecule has 0 spiro atoms. The van der Waals surface area contributed by atoms with Gasteiger partial charge in [0.25, 0.3) is 0 Å². The highest BCUT2D eigenvalue weighted by atomic mass is 16.5. The van der Waals surface area contributed by atoms with Crippen LogP contribution in [0.1, 0.15) is 166 Å². The van der Waals surface area contributed by atoms with Gasteiger partial charge < -0.3 is 9.84 Å². The summed E-state index contributed by atoms with van der Waals surface area (Å²) in [6.45, 7) is 24.2. The van der Waals surface area contributed by atoms with Crippen molar-refractivity contribution in [2.75, 3.05) is 0 Å². The minimum atomic E-state index is 0.124. The summed E-state index contributed by atoms with van der Waals surface area (Å²) in [7, 11) is 0. The molecule has 0 heterocycles. The van der Waals surface area contributed by atoms with Gasteiger partial charge in [-0.3, -0.25) is 0 Å². The molecule has 0 radical (unpaired) electrons. The summed E-state index contributed by atoms with van der Waals surface area (Å²) >= 11 is 0. The van der Waals surface area contributed by atoms with Crippen LogP contribution in [0.25, 0.3) is 0 Å². The van der Waals surface area contributed by atoms with Gasteiger partial charge in [-0.05, 0) is 131 Å². The predicted octanol–water partition coefficient (Wildman–Crippen LogP) is 11.5. The molecule has 42 heavy (non-hydrogen) atoms. The number of benzene rings is 2. The number of ether oxygens (including phenoxy) is 1. The minimum Gasteiger partial charge on any atom is -0.504 e.